The molecule has 6 heteroatoms. The maximum atomic E-state index is 11.8. The van der Waals surface area contributed by atoms with Crippen molar-refractivity contribution in [3.63, 3.8) is 0 Å². The lowest BCUT2D eigenvalue weighted by Crippen LogP contribution is -2.30. The molecule has 2 rings (SSSR count). The summed E-state index contributed by atoms with van der Waals surface area (Å²) in [5.41, 5.74) is 6.84. The summed E-state index contributed by atoms with van der Waals surface area (Å²) in [6, 6.07) is 5.52. The van der Waals surface area contributed by atoms with Crippen molar-refractivity contribution in [3.8, 4) is 5.75 Å². The van der Waals surface area contributed by atoms with Crippen molar-refractivity contribution in [2.45, 2.75) is 13.0 Å². The maximum Gasteiger partial charge on any atom is 0.234 e. The standard InChI is InChI=1S/C13H17N3O3/c1-16-10-6-9(8-15-12(17)7-14)2-3-11(10)19-5-4-13(16)18/h2-3,6H,4-5,7-8,14H2,1H3,(H,15,17). The summed E-state index contributed by atoms with van der Waals surface area (Å²) in [6.45, 7) is 0.733. The van der Waals surface area contributed by atoms with E-state index in [1.807, 2.05) is 18.2 Å². The van der Waals surface area contributed by atoms with E-state index in [1.54, 1.807) is 11.9 Å². The second kappa shape index (κ2) is 5.71. The van der Waals surface area contributed by atoms with Gasteiger partial charge in [0.15, 0.2) is 0 Å². The van der Waals surface area contributed by atoms with Gasteiger partial charge in [0, 0.05) is 13.6 Å². The smallest absolute Gasteiger partial charge is 0.234 e. The second-order valence-electron chi connectivity index (χ2n) is 4.33. The van der Waals surface area contributed by atoms with Gasteiger partial charge in [0.2, 0.25) is 11.8 Å². The molecule has 2 amide bonds. The molecule has 0 aliphatic carbocycles. The van der Waals surface area contributed by atoms with Crippen LogP contribution < -0.4 is 20.7 Å². The summed E-state index contributed by atoms with van der Waals surface area (Å²) in [4.78, 5) is 24.5. The van der Waals surface area contributed by atoms with Gasteiger partial charge in [-0.25, -0.2) is 0 Å². The molecule has 0 aromatic heterocycles. The van der Waals surface area contributed by atoms with Crippen LogP contribution in [-0.4, -0.2) is 32.0 Å². The van der Waals surface area contributed by atoms with Gasteiger partial charge in [-0.1, -0.05) is 6.07 Å². The highest BCUT2D eigenvalue weighted by Gasteiger charge is 2.20. The number of amides is 2. The Morgan fingerprint density at radius 2 is 2.32 bits per heavy atom. The number of rotatable bonds is 3. The molecule has 0 saturated carbocycles. The number of carbonyl (C=O) groups excluding carboxylic acids is 2. The molecule has 3 N–H and O–H groups in total. The Labute approximate surface area is 111 Å². The number of hydrogen-bond donors (Lipinski definition) is 2. The quantitative estimate of drug-likeness (QED) is 0.804. The SMILES string of the molecule is CN1C(=O)CCOc2ccc(CNC(=O)CN)cc21. The molecule has 0 fully saturated rings. The van der Waals surface area contributed by atoms with Crippen molar-refractivity contribution in [2.24, 2.45) is 5.73 Å². The molecule has 1 heterocycles. The van der Waals surface area contributed by atoms with Gasteiger partial charge < -0.3 is 20.7 Å². The summed E-state index contributed by atoms with van der Waals surface area (Å²) in [5.74, 6) is 0.486. The Balaban J connectivity index is 2.19. The summed E-state index contributed by atoms with van der Waals surface area (Å²) in [6.07, 6.45) is 0.365. The third-order valence-electron chi connectivity index (χ3n) is 3.01. The maximum absolute atomic E-state index is 11.8. The van der Waals surface area contributed by atoms with E-state index in [0.717, 1.165) is 11.3 Å². The van der Waals surface area contributed by atoms with Crippen molar-refractivity contribution < 1.29 is 14.3 Å². The third-order valence-corrected chi connectivity index (χ3v) is 3.01. The number of ether oxygens (including phenoxy) is 1. The molecule has 1 aromatic rings. The van der Waals surface area contributed by atoms with Crippen LogP contribution in [0.1, 0.15) is 12.0 Å². The lowest BCUT2D eigenvalue weighted by molar-refractivity contribution is -0.120. The largest absolute Gasteiger partial charge is 0.491 e. The monoisotopic (exact) mass is 263 g/mol. The lowest BCUT2D eigenvalue weighted by Gasteiger charge is -2.17. The van der Waals surface area contributed by atoms with Gasteiger partial charge in [0.1, 0.15) is 5.75 Å². The normalized spacial score (nSPS) is 14.4. The van der Waals surface area contributed by atoms with E-state index in [9.17, 15) is 9.59 Å². The van der Waals surface area contributed by atoms with Crippen LogP contribution in [0.5, 0.6) is 5.75 Å². The van der Waals surface area contributed by atoms with E-state index in [0.29, 0.717) is 25.3 Å². The number of carbonyl (C=O) groups is 2. The average molecular weight is 263 g/mol. The van der Waals surface area contributed by atoms with E-state index >= 15 is 0 Å². The zero-order valence-corrected chi connectivity index (χ0v) is 10.8. The van der Waals surface area contributed by atoms with Crippen LogP contribution in [0.4, 0.5) is 5.69 Å². The Hall–Kier alpha value is -2.08. The molecule has 0 bridgehead atoms. The highest BCUT2D eigenvalue weighted by Crippen LogP contribution is 2.31. The van der Waals surface area contributed by atoms with Gasteiger partial charge in [-0.3, -0.25) is 9.59 Å². The van der Waals surface area contributed by atoms with E-state index < -0.39 is 0 Å². The van der Waals surface area contributed by atoms with Crippen molar-refractivity contribution in [2.75, 3.05) is 25.1 Å². The number of nitrogens with one attached hydrogen (secondary N) is 1. The first kappa shape index (κ1) is 13.4. The van der Waals surface area contributed by atoms with Crippen LogP contribution in [0.2, 0.25) is 0 Å². The topological polar surface area (TPSA) is 84.7 Å². The lowest BCUT2D eigenvalue weighted by atomic mass is 10.1. The Bertz CT molecular complexity index is 502. The van der Waals surface area contributed by atoms with E-state index in [1.165, 1.54) is 0 Å². The van der Waals surface area contributed by atoms with E-state index in [4.69, 9.17) is 10.5 Å². The highest BCUT2D eigenvalue weighted by molar-refractivity contribution is 5.95. The number of fused-ring (bicyclic) bond motifs is 1. The number of nitrogens with zero attached hydrogens (tertiary/aromatic N) is 1. The van der Waals surface area contributed by atoms with Gasteiger partial charge in [0.25, 0.3) is 0 Å². The molecule has 6 nitrogen and oxygen atoms in total. The summed E-state index contributed by atoms with van der Waals surface area (Å²) in [7, 11) is 1.72. The average Bonchev–Trinajstić information content (AvgIpc) is 2.57. The molecule has 1 aliphatic heterocycles. The molecule has 0 atom stereocenters. The van der Waals surface area contributed by atoms with Gasteiger partial charge in [-0.15, -0.1) is 0 Å². The molecule has 102 valence electrons. The van der Waals surface area contributed by atoms with Crippen molar-refractivity contribution in [3.05, 3.63) is 23.8 Å². The van der Waals surface area contributed by atoms with Crippen molar-refractivity contribution >= 4 is 17.5 Å². The second-order valence-corrected chi connectivity index (χ2v) is 4.33. The van der Waals surface area contributed by atoms with Crippen LogP contribution in [0.25, 0.3) is 0 Å². The molecule has 0 radical (unpaired) electrons. The minimum Gasteiger partial charge on any atom is -0.491 e. The summed E-state index contributed by atoms with van der Waals surface area (Å²) < 4.78 is 5.52. The molecule has 0 saturated heterocycles. The number of anilines is 1. The van der Waals surface area contributed by atoms with Gasteiger partial charge in [0.05, 0.1) is 25.3 Å². The predicted octanol–water partition coefficient (Wildman–Crippen LogP) is 0.00680. The van der Waals surface area contributed by atoms with Gasteiger partial charge >= 0.3 is 0 Å². The summed E-state index contributed by atoms with van der Waals surface area (Å²) >= 11 is 0. The van der Waals surface area contributed by atoms with Crippen LogP contribution in [0, 0.1) is 0 Å². The fourth-order valence-electron chi connectivity index (χ4n) is 1.88. The minimum atomic E-state index is -0.212. The first-order valence-electron chi connectivity index (χ1n) is 6.11. The first-order chi connectivity index (χ1) is 9.11. The van der Waals surface area contributed by atoms with Gasteiger partial charge in [-0.2, -0.15) is 0 Å². The first-order valence-corrected chi connectivity index (χ1v) is 6.11. The Morgan fingerprint density at radius 3 is 3.05 bits per heavy atom. The Morgan fingerprint density at radius 1 is 1.53 bits per heavy atom. The minimum absolute atomic E-state index is 0.0156. The molecule has 19 heavy (non-hydrogen) atoms. The van der Waals surface area contributed by atoms with E-state index in [2.05, 4.69) is 5.32 Å². The number of hydrogen-bond acceptors (Lipinski definition) is 4. The third kappa shape index (κ3) is 3.03. The molecular weight excluding hydrogens is 246 g/mol. The fourth-order valence-corrected chi connectivity index (χ4v) is 1.88. The predicted molar refractivity (Wildman–Crippen MR) is 70.9 cm³/mol. The van der Waals surface area contributed by atoms with Crippen molar-refractivity contribution in [1.82, 2.24) is 5.32 Å². The van der Waals surface area contributed by atoms with Crippen LogP contribution in [-0.2, 0) is 16.1 Å². The zero-order valence-electron chi connectivity index (χ0n) is 10.8. The number of nitrogens with two attached hydrogens (primary N) is 1. The van der Waals surface area contributed by atoms with Crippen LogP contribution >= 0.6 is 0 Å². The molecule has 1 aromatic carbocycles. The van der Waals surface area contributed by atoms with Gasteiger partial charge in [-0.05, 0) is 17.7 Å². The summed E-state index contributed by atoms with van der Waals surface area (Å²) in [5, 5.41) is 2.69. The number of benzene rings is 1. The molecule has 0 unspecified atom stereocenters. The fraction of sp³-hybridized carbons (Fsp3) is 0.385. The van der Waals surface area contributed by atoms with Crippen LogP contribution in [0.3, 0.4) is 0 Å². The molecule has 0 spiro atoms. The Kier molecular flexibility index (Phi) is 4.01. The van der Waals surface area contributed by atoms with E-state index in [-0.39, 0.29) is 18.4 Å². The zero-order chi connectivity index (χ0) is 13.8. The van der Waals surface area contributed by atoms with Crippen molar-refractivity contribution in [1.29, 1.82) is 0 Å². The molecular formula is C13H17N3O3. The van der Waals surface area contributed by atoms with Crippen LogP contribution in [0.15, 0.2) is 18.2 Å². The highest BCUT2D eigenvalue weighted by atomic mass is 16.5. The molecule has 1 aliphatic rings.